The second-order valence-electron chi connectivity index (χ2n) is 3.42. The van der Waals surface area contributed by atoms with Crippen LogP contribution in [-0.4, -0.2) is 0 Å². The summed E-state index contributed by atoms with van der Waals surface area (Å²) in [6.45, 7) is 12.6. The average Bonchev–Trinajstić information content (AvgIpc) is 2.24. The van der Waals surface area contributed by atoms with E-state index < -0.39 is 0 Å². The highest BCUT2D eigenvalue weighted by atomic mass is 32.2. The number of rotatable bonds is 2. The van der Waals surface area contributed by atoms with Crippen molar-refractivity contribution in [1.29, 1.82) is 0 Å². The SMILES string of the molecule is CC.CC(C)=C(C)Sc1ccccc1C. The van der Waals surface area contributed by atoms with Gasteiger partial charge in [-0.1, -0.05) is 49.4 Å². The van der Waals surface area contributed by atoms with Gasteiger partial charge in [-0.05, 0) is 44.2 Å². The third-order valence-corrected chi connectivity index (χ3v) is 3.45. The molecule has 1 aromatic carbocycles. The smallest absolute Gasteiger partial charge is 0.0148 e. The van der Waals surface area contributed by atoms with Crippen LogP contribution >= 0.6 is 11.8 Å². The molecule has 84 valence electrons. The number of thioether (sulfide) groups is 1. The van der Waals surface area contributed by atoms with Crippen molar-refractivity contribution in [2.45, 2.75) is 46.4 Å². The van der Waals surface area contributed by atoms with Gasteiger partial charge in [0.15, 0.2) is 0 Å². The summed E-state index contributed by atoms with van der Waals surface area (Å²) in [5, 5.41) is 0. The molecule has 0 amide bonds. The van der Waals surface area contributed by atoms with E-state index in [0.717, 1.165) is 0 Å². The molecule has 0 spiro atoms. The van der Waals surface area contributed by atoms with Crippen molar-refractivity contribution >= 4 is 11.8 Å². The predicted octanol–water partition coefficient (Wildman–Crippen LogP) is 5.43. The summed E-state index contributed by atoms with van der Waals surface area (Å²) in [4.78, 5) is 2.76. The lowest BCUT2D eigenvalue weighted by Crippen LogP contribution is -1.79. The van der Waals surface area contributed by atoms with Crippen LogP contribution in [0.4, 0.5) is 0 Å². The van der Waals surface area contributed by atoms with Crippen LogP contribution in [0.25, 0.3) is 0 Å². The summed E-state index contributed by atoms with van der Waals surface area (Å²) in [5.41, 5.74) is 2.75. The van der Waals surface area contributed by atoms with E-state index in [4.69, 9.17) is 0 Å². The van der Waals surface area contributed by atoms with Gasteiger partial charge in [-0.25, -0.2) is 0 Å². The van der Waals surface area contributed by atoms with Gasteiger partial charge in [-0.3, -0.25) is 0 Å². The lowest BCUT2D eigenvalue weighted by molar-refractivity contribution is 1.29. The molecule has 0 bridgehead atoms. The first-order valence-electron chi connectivity index (χ1n) is 5.49. The molecule has 0 nitrogen and oxygen atoms in total. The molecule has 0 aliphatic rings. The summed E-state index contributed by atoms with van der Waals surface area (Å²) >= 11 is 1.86. The van der Waals surface area contributed by atoms with E-state index in [1.165, 1.54) is 20.9 Å². The normalized spacial score (nSPS) is 8.93. The second kappa shape index (κ2) is 7.58. The Morgan fingerprint density at radius 3 is 2.00 bits per heavy atom. The molecule has 0 aromatic heterocycles. The van der Waals surface area contributed by atoms with Gasteiger partial charge in [0.25, 0.3) is 0 Å². The fourth-order valence-electron chi connectivity index (χ4n) is 0.938. The molecule has 0 aliphatic carbocycles. The summed E-state index contributed by atoms with van der Waals surface area (Å²) in [7, 11) is 0. The number of hydrogen-bond acceptors (Lipinski definition) is 1. The Morgan fingerprint density at radius 1 is 1.00 bits per heavy atom. The molecule has 1 rings (SSSR count). The van der Waals surface area contributed by atoms with Crippen LogP contribution in [0, 0.1) is 6.92 Å². The van der Waals surface area contributed by atoms with Crippen LogP contribution in [0.3, 0.4) is 0 Å². The van der Waals surface area contributed by atoms with Gasteiger partial charge in [0.05, 0.1) is 0 Å². The fourth-order valence-corrected chi connectivity index (χ4v) is 1.85. The molecule has 1 heteroatoms. The van der Waals surface area contributed by atoms with E-state index in [-0.39, 0.29) is 0 Å². The van der Waals surface area contributed by atoms with Gasteiger partial charge in [-0.2, -0.15) is 0 Å². The van der Waals surface area contributed by atoms with Crippen LogP contribution in [0.15, 0.2) is 39.6 Å². The largest absolute Gasteiger partial charge is 0.0946 e. The Labute approximate surface area is 98.8 Å². The Bertz CT molecular complexity index is 320. The van der Waals surface area contributed by atoms with Crippen molar-refractivity contribution in [3.63, 3.8) is 0 Å². The fraction of sp³-hybridized carbons (Fsp3) is 0.429. The number of allylic oxidation sites excluding steroid dienone is 2. The van der Waals surface area contributed by atoms with E-state index >= 15 is 0 Å². The van der Waals surface area contributed by atoms with Crippen molar-refractivity contribution in [2.24, 2.45) is 0 Å². The lowest BCUT2D eigenvalue weighted by atomic mass is 10.2. The third-order valence-electron chi connectivity index (χ3n) is 2.06. The highest BCUT2D eigenvalue weighted by molar-refractivity contribution is 8.03. The Kier molecular flexibility index (Phi) is 7.23. The molecule has 0 heterocycles. The zero-order chi connectivity index (χ0) is 11.8. The lowest BCUT2D eigenvalue weighted by Gasteiger charge is -2.06. The van der Waals surface area contributed by atoms with Crippen molar-refractivity contribution in [2.75, 3.05) is 0 Å². The van der Waals surface area contributed by atoms with Crippen molar-refractivity contribution in [3.8, 4) is 0 Å². The molecule has 0 unspecified atom stereocenters. The molecule has 0 fully saturated rings. The standard InChI is InChI=1S/C12H16S.C2H6/c1-9(2)11(4)13-12-8-6-5-7-10(12)3;1-2/h5-8H,1-4H3;1-2H3. The quantitative estimate of drug-likeness (QED) is 0.601. The van der Waals surface area contributed by atoms with Gasteiger partial charge in [-0.15, -0.1) is 0 Å². The molecule has 0 N–H and O–H groups in total. The zero-order valence-corrected chi connectivity index (χ0v) is 11.5. The van der Waals surface area contributed by atoms with E-state index in [9.17, 15) is 0 Å². The summed E-state index contributed by atoms with van der Waals surface area (Å²) in [6, 6.07) is 8.50. The average molecular weight is 222 g/mol. The van der Waals surface area contributed by atoms with Gasteiger partial charge < -0.3 is 0 Å². The molecule has 0 aliphatic heterocycles. The van der Waals surface area contributed by atoms with E-state index in [1.54, 1.807) is 0 Å². The topological polar surface area (TPSA) is 0 Å². The summed E-state index contributed by atoms with van der Waals surface area (Å²) in [5.74, 6) is 0. The monoisotopic (exact) mass is 222 g/mol. The van der Waals surface area contributed by atoms with Crippen LogP contribution < -0.4 is 0 Å². The summed E-state index contributed by atoms with van der Waals surface area (Å²) in [6.07, 6.45) is 0. The molecule has 0 saturated heterocycles. The molecule has 1 aromatic rings. The number of aryl methyl sites for hydroxylation is 1. The van der Waals surface area contributed by atoms with Crippen molar-refractivity contribution < 1.29 is 0 Å². The minimum Gasteiger partial charge on any atom is -0.0946 e. The molecule has 15 heavy (non-hydrogen) atoms. The van der Waals surface area contributed by atoms with Crippen LogP contribution in [0.5, 0.6) is 0 Å². The number of benzene rings is 1. The summed E-state index contributed by atoms with van der Waals surface area (Å²) < 4.78 is 0. The molecular weight excluding hydrogens is 200 g/mol. The first-order valence-corrected chi connectivity index (χ1v) is 6.30. The van der Waals surface area contributed by atoms with Gasteiger partial charge in [0, 0.05) is 4.90 Å². The highest BCUT2D eigenvalue weighted by Gasteiger charge is 1.99. The van der Waals surface area contributed by atoms with Crippen LogP contribution in [0.1, 0.15) is 40.2 Å². The van der Waals surface area contributed by atoms with E-state index in [2.05, 4.69) is 52.0 Å². The van der Waals surface area contributed by atoms with E-state index in [0.29, 0.717) is 0 Å². The molecule has 0 atom stereocenters. The van der Waals surface area contributed by atoms with Gasteiger partial charge in [0.2, 0.25) is 0 Å². The minimum atomic E-state index is 1.35. The predicted molar refractivity (Wildman–Crippen MR) is 72.4 cm³/mol. The van der Waals surface area contributed by atoms with Gasteiger partial charge in [0.1, 0.15) is 0 Å². The zero-order valence-electron chi connectivity index (χ0n) is 10.7. The van der Waals surface area contributed by atoms with Crippen LogP contribution in [-0.2, 0) is 0 Å². The highest BCUT2D eigenvalue weighted by Crippen LogP contribution is 2.30. The first kappa shape index (κ1) is 14.3. The molecule has 0 radical (unpaired) electrons. The van der Waals surface area contributed by atoms with E-state index in [1.807, 2.05) is 25.6 Å². The Morgan fingerprint density at radius 2 is 1.53 bits per heavy atom. The minimum absolute atomic E-state index is 1.35. The third kappa shape index (κ3) is 5.08. The van der Waals surface area contributed by atoms with Gasteiger partial charge >= 0.3 is 0 Å². The maximum atomic E-state index is 2.17. The maximum Gasteiger partial charge on any atom is 0.0148 e. The maximum absolute atomic E-state index is 2.17. The van der Waals surface area contributed by atoms with Crippen LogP contribution in [0.2, 0.25) is 0 Å². The second-order valence-corrected chi connectivity index (χ2v) is 4.68. The number of hydrogen-bond donors (Lipinski definition) is 0. The Hall–Kier alpha value is -0.690. The molecule has 0 saturated carbocycles. The van der Waals surface area contributed by atoms with Crippen molar-refractivity contribution in [1.82, 2.24) is 0 Å². The molecular formula is C14H22S. The Balaban J connectivity index is 0.000000921. The first-order chi connectivity index (χ1) is 7.11. The van der Waals surface area contributed by atoms with Crippen molar-refractivity contribution in [3.05, 3.63) is 40.3 Å².